The second-order valence-corrected chi connectivity index (χ2v) is 9.11. The Balaban J connectivity index is 1.63. The lowest BCUT2D eigenvalue weighted by atomic mass is 10.4. The van der Waals surface area contributed by atoms with Crippen LogP contribution in [0.3, 0.4) is 0 Å². The third kappa shape index (κ3) is 3.67. The fourth-order valence-corrected chi connectivity index (χ4v) is 5.08. The molecule has 0 aliphatic carbocycles. The van der Waals surface area contributed by atoms with E-state index in [1.807, 2.05) is 17.8 Å². The van der Waals surface area contributed by atoms with Crippen molar-refractivity contribution in [2.75, 3.05) is 38.5 Å². The molecule has 1 fully saturated rings. The molecule has 10 heteroatoms. The second-order valence-electron chi connectivity index (χ2n) is 5.55. The van der Waals surface area contributed by atoms with Crippen LogP contribution < -0.4 is 10.2 Å². The molecule has 2 N–H and O–H groups in total. The molecule has 0 unspecified atom stereocenters. The number of nitrogens with zero attached hydrogens (tertiary/aromatic N) is 3. The Labute approximate surface area is 150 Å². The van der Waals surface area contributed by atoms with Crippen molar-refractivity contribution in [1.29, 1.82) is 0 Å². The van der Waals surface area contributed by atoms with Crippen LogP contribution in [0.4, 0.5) is 5.13 Å². The SMILES string of the molecule is CNc1nn(C[NH+]2CCN(S(=O)(=O)c3ccccc3)CC2)c(=S)s1. The van der Waals surface area contributed by atoms with Gasteiger partial charge < -0.3 is 10.2 Å². The van der Waals surface area contributed by atoms with E-state index in [4.69, 9.17) is 12.2 Å². The van der Waals surface area contributed by atoms with Crippen LogP contribution in [0.2, 0.25) is 0 Å². The summed E-state index contributed by atoms with van der Waals surface area (Å²) in [7, 11) is -1.58. The van der Waals surface area contributed by atoms with Gasteiger partial charge in [-0.1, -0.05) is 29.5 Å². The molecule has 2 aromatic rings. The van der Waals surface area contributed by atoms with Crippen molar-refractivity contribution in [3.8, 4) is 0 Å². The Morgan fingerprint density at radius 1 is 1.29 bits per heavy atom. The Morgan fingerprint density at radius 2 is 1.96 bits per heavy atom. The molecule has 24 heavy (non-hydrogen) atoms. The molecule has 1 aromatic carbocycles. The number of piperazine rings is 1. The van der Waals surface area contributed by atoms with E-state index in [0.29, 0.717) is 24.7 Å². The normalized spacial score (nSPS) is 17.0. The largest absolute Gasteiger partial charge is 0.363 e. The minimum atomic E-state index is -3.40. The van der Waals surface area contributed by atoms with E-state index in [1.54, 1.807) is 28.6 Å². The minimum Gasteiger partial charge on any atom is -0.363 e. The molecule has 0 spiro atoms. The zero-order chi connectivity index (χ0) is 17.2. The summed E-state index contributed by atoms with van der Waals surface area (Å²) in [5, 5.41) is 8.19. The van der Waals surface area contributed by atoms with Gasteiger partial charge in [-0.3, -0.25) is 0 Å². The highest BCUT2D eigenvalue weighted by atomic mass is 32.2. The lowest BCUT2D eigenvalue weighted by Crippen LogP contribution is -3.14. The molecule has 0 saturated carbocycles. The topological polar surface area (TPSA) is 71.7 Å². The van der Waals surface area contributed by atoms with Crippen LogP contribution in [0, 0.1) is 3.95 Å². The zero-order valence-electron chi connectivity index (χ0n) is 13.3. The predicted octanol–water partition coefficient (Wildman–Crippen LogP) is 0.263. The minimum absolute atomic E-state index is 0.355. The van der Waals surface area contributed by atoms with E-state index in [2.05, 4.69) is 10.4 Å². The Morgan fingerprint density at radius 3 is 2.54 bits per heavy atom. The van der Waals surface area contributed by atoms with Gasteiger partial charge in [-0.05, 0) is 24.4 Å². The number of anilines is 1. The number of hydrogen-bond donors (Lipinski definition) is 2. The molecular formula is C14H20N5O2S3+. The Hall–Kier alpha value is -1.33. The van der Waals surface area contributed by atoms with Gasteiger partial charge in [0.15, 0.2) is 10.6 Å². The first-order valence-corrected chi connectivity index (χ1v) is 10.3. The number of hydrogen-bond acceptors (Lipinski definition) is 6. The van der Waals surface area contributed by atoms with Crippen molar-refractivity contribution in [2.45, 2.75) is 11.6 Å². The summed E-state index contributed by atoms with van der Waals surface area (Å²) in [5.74, 6) is 0. The molecule has 0 amide bonds. The van der Waals surface area contributed by atoms with Crippen molar-refractivity contribution < 1.29 is 13.3 Å². The highest BCUT2D eigenvalue weighted by Gasteiger charge is 2.30. The lowest BCUT2D eigenvalue weighted by molar-refractivity contribution is -0.926. The monoisotopic (exact) mass is 386 g/mol. The van der Waals surface area contributed by atoms with Crippen LogP contribution in [0.1, 0.15) is 0 Å². The summed E-state index contributed by atoms with van der Waals surface area (Å²) < 4.78 is 29.3. The van der Waals surface area contributed by atoms with E-state index in [9.17, 15) is 8.42 Å². The Bertz CT molecular complexity index is 839. The van der Waals surface area contributed by atoms with E-state index in [0.717, 1.165) is 22.2 Å². The van der Waals surface area contributed by atoms with Crippen LogP contribution in [-0.4, -0.2) is 55.7 Å². The van der Waals surface area contributed by atoms with Crippen molar-refractivity contribution in [1.82, 2.24) is 14.1 Å². The van der Waals surface area contributed by atoms with E-state index in [1.165, 1.54) is 16.2 Å². The molecule has 3 rings (SSSR count). The highest BCUT2D eigenvalue weighted by Crippen LogP contribution is 2.15. The van der Waals surface area contributed by atoms with E-state index in [-0.39, 0.29) is 0 Å². The summed E-state index contributed by atoms with van der Waals surface area (Å²) in [5.41, 5.74) is 0. The third-order valence-electron chi connectivity index (χ3n) is 4.00. The molecule has 130 valence electrons. The van der Waals surface area contributed by atoms with Gasteiger partial charge in [0.2, 0.25) is 15.2 Å². The highest BCUT2D eigenvalue weighted by molar-refractivity contribution is 7.89. The van der Waals surface area contributed by atoms with Gasteiger partial charge in [0.1, 0.15) is 0 Å². The predicted molar refractivity (Wildman–Crippen MR) is 96.4 cm³/mol. The Kier molecular flexibility index (Phi) is 5.30. The first kappa shape index (κ1) is 17.5. The van der Waals surface area contributed by atoms with Gasteiger partial charge in [0, 0.05) is 7.05 Å². The fourth-order valence-electron chi connectivity index (χ4n) is 2.66. The summed E-state index contributed by atoms with van der Waals surface area (Å²) in [4.78, 5) is 1.63. The number of quaternary nitrogens is 1. The van der Waals surface area contributed by atoms with Crippen molar-refractivity contribution in [3.05, 3.63) is 34.3 Å². The quantitative estimate of drug-likeness (QED) is 0.722. The molecule has 1 aromatic heterocycles. The van der Waals surface area contributed by atoms with E-state index >= 15 is 0 Å². The average Bonchev–Trinajstić information content (AvgIpc) is 2.96. The number of benzene rings is 1. The summed E-state index contributed by atoms with van der Waals surface area (Å²) >= 11 is 6.75. The van der Waals surface area contributed by atoms with Gasteiger partial charge in [0.05, 0.1) is 31.1 Å². The van der Waals surface area contributed by atoms with Crippen molar-refractivity contribution >= 4 is 38.7 Å². The summed E-state index contributed by atoms with van der Waals surface area (Å²) in [6.07, 6.45) is 0. The van der Waals surface area contributed by atoms with Gasteiger partial charge in [-0.2, -0.15) is 8.99 Å². The molecule has 0 bridgehead atoms. The fraction of sp³-hybridized carbons (Fsp3) is 0.429. The molecule has 1 aliphatic heterocycles. The molecule has 1 aliphatic rings. The van der Waals surface area contributed by atoms with Gasteiger partial charge in [-0.15, -0.1) is 5.10 Å². The van der Waals surface area contributed by atoms with Gasteiger partial charge in [-0.25, -0.2) is 8.42 Å². The van der Waals surface area contributed by atoms with Crippen molar-refractivity contribution in [3.63, 3.8) is 0 Å². The average molecular weight is 387 g/mol. The molecule has 0 atom stereocenters. The maximum atomic E-state index is 12.6. The molecule has 2 heterocycles. The smallest absolute Gasteiger partial charge is 0.243 e. The number of aromatic nitrogens is 2. The van der Waals surface area contributed by atoms with Crippen LogP contribution in [0.5, 0.6) is 0 Å². The van der Waals surface area contributed by atoms with Crippen LogP contribution in [0.25, 0.3) is 0 Å². The number of sulfonamides is 1. The first-order chi connectivity index (χ1) is 11.5. The molecule has 0 radical (unpaired) electrons. The number of nitrogens with one attached hydrogen (secondary N) is 2. The molecule has 1 saturated heterocycles. The van der Waals surface area contributed by atoms with E-state index < -0.39 is 10.0 Å². The van der Waals surface area contributed by atoms with Gasteiger partial charge in [0.25, 0.3) is 0 Å². The first-order valence-electron chi connectivity index (χ1n) is 7.65. The summed E-state index contributed by atoms with van der Waals surface area (Å²) in [6, 6.07) is 8.60. The van der Waals surface area contributed by atoms with Crippen LogP contribution in [0.15, 0.2) is 35.2 Å². The maximum Gasteiger partial charge on any atom is 0.243 e. The third-order valence-corrected chi connectivity index (χ3v) is 7.24. The summed E-state index contributed by atoms with van der Waals surface area (Å²) in [6.45, 7) is 3.14. The molecular weight excluding hydrogens is 366 g/mol. The van der Waals surface area contributed by atoms with Gasteiger partial charge >= 0.3 is 0 Å². The van der Waals surface area contributed by atoms with Crippen LogP contribution in [-0.2, 0) is 16.7 Å². The number of rotatable bonds is 5. The zero-order valence-corrected chi connectivity index (χ0v) is 15.8. The lowest BCUT2D eigenvalue weighted by Gasteiger charge is -2.31. The van der Waals surface area contributed by atoms with Crippen LogP contribution >= 0.6 is 23.6 Å². The van der Waals surface area contributed by atoms with Crippen molar-refractivity contribution in [2.24, 2.45) is 0 Å². The second kappa shape index (κ2) is 7.28. The molecule has 7 nitrogen and oxygen atoms in total. The standard InChI is InChI=1S/C14H19N5O2S3/c1-15-13-16-19(14(22)23-13)11-17-7-9-18(10-8-17)24(20,21)12-5-3-2-4-6-12/h2-6H,7-11H2,1H3,(H,15,16)/p+1. The maximum absolute atomic E-state index is 12.6.